The van der Waals surface area contributed by atoms with E-state index in [2.05, 4.69) is 37.2 Å². The Labute approximate surface area is 286 Å². The number of aliphatic carboxylic acids is 3. The second-order valence-electron chi connectivity index (χ2n) is 10.8. The number of hydrogen-bond donors (Lipinski definition) is 17. The molecule has 0 aromatic rings. The molecular formula is C26H48N14O10. The van der Waals surface area contributed by atoms with Gasteiger partial charge in [0.15, 0.2) is 17.9 Å². The van der Waals surface area contributed by atoms with Crippen molar-refractivity contribution in [3.05, 3.63) is 0 Å². The van der Waals surface area contributed by atoms with E-state index in [9.17, 15) is 48.9 Å². The van der Waals surface area contributed by atoms with Crippen LogP contribution in [0.25, 0.3) is 0 Å². The largest absolute Gasteiger partial charge is 0.481 e. The molecule has 0 spiro atoms. The Balaban J connectivity index is 5.95. The van der Waals surface area contributed by atoms with Crippen molar-refractivity contribution in [2.75, 3.05) is 19.6 Å². The molecule has 0 unspecified atom stereocenters. The zero-order chi connectivity index (χ0) is 38.4. The van der Waals surface area contributed by atoms with Crippen molar-refractivity contribution >= 4 is 59.4 Å². The summed E-state index contributed by atoms with van der Waals surface area (Å²) >= 11 is 0. The van der Waals surface area contributed by atoms with Gasteiger partial charge in [0.2, 0.25) is 23.6 Å². The van der Waals surface area contributed by atoms with Crippen molar-refractivity contribution in [3.63, 3.8) is 0 Å². The van der Waals surface area contributed by atoms with Crippen molar-refractivity contribution in [1.29, 1.82) is 16.2 Å². The summed E-state index contributed by atoms with van der Waals surface area (Å²) in [5.41, 5.74) is 21.5. The van der Waals surface area contributed by atoms with Gasteiger partial charge in [-0.2, -0.15) is 0 Å². The highest BCUT2D eigenvalue weighted by atomic mass is 16.4. The van der Waals surface area contributed by atoms with E-state index in [0.29, 0.717) is 0 Å². The zero-order valence-electron chi connectivity index (χ0n) is 27.2. The molecule has 0 rings (SSSR count). The van der Waals surface area contributed by atoms with Crippen molar-refractivity contribution in [2.45, 2.75) is 81.6 Å². The van der Waals surface area contributed by atoms with E-state index in [1.165, 1.54) is 0 Å². The van der Waals surface area contributed by atoms with Gasteiger partial charge in [0.1, 0.15) is 24.2 Å². The number of carbonyl (C=O) groups excluding carboxylic acids is 4. The van der Waals surface area contributed by atoms with Crippen LogP contribution in [0.2, 0.25) is 0 Å². The van der Waals surface area contributed by atoms with Crippen LogP contribution >= 0.6 is 0 Å². The number of hydrogen-bond acceptors (Lipinski definition) is 11. The summed E-state index contributed by atoms with van der Waals surface area (Å²) in [6.07, 6.45) is -1.78. The van der Waals surface area contributed by atoms with E-state index < -0.39 is 90.5 Å². The highest BCUT2D eigenvalue weighted by Crippen LogP contribution is 2.06. The Morgan fingerprint density at radius 2 is 0.820 bits per heavy atom. The lowest BCUT2D eigenvalue weighted by molar-refractivity contribution is -0.143. The summed E-state index contributed by atoms with van der Waals surface area (Å²) in [7, 11) is 0. The number of amides is 4. The monoisotopic (exact) mass is 716 g/mol. The first-order valence-electron chi connectivity index (χ1n) is 15.2. The Bertz CT molecular complexity index is 1250. The summed E-state index contributed by atoms with van der Waals surface area (Å²) < 4.78 is 0. The van der Waals surface area contributed by atoms with Crippen LogP contribution in [0.15, 0.2) is 0 Å². The lowest BCUT2D eigenvalue weighted by Crippen LogP contribution is -2.59. The molecule has 24 heteroatoms. The molecule has 24 nitrogen and oxygen atoms in total. The molecule has 21 N–H and O–H groups in total. The lowest BCUT2D eigenvalue weighted by atomic mass is 10.1. The average Bonchev–Trinajstić information content (AvgIpc) is 3.00. The van der Waals surface area contributed by atoms with Gasteiger partial charge < -0.3 is 75.5 Å². The molecule has 0 heterocycles. The number of guanidine groups is 3. The number of nitrogens with two attached hydrogens (primary N) is 4. The highest BCUT2D eigenvalue weighted by Gasteiger charge is 2.33. The molecule has 0 saturated heterocycles. The van der Waals surface area contributed by atoms with Gasteiger partial charge in [-0.05, 0) is 38.5 Å². The van der Waals surface area contributed by atoms with Gasteiger partial charge in [-0.25, -0.2) is 4.79 Å². The van der Waals surface area contributed by atoms with E-state index in [1.54, 1.807) is 0 Å². The number of carbonyl (C=O) groups is 7. The van der Waals surface area contributed by atoms with Crippen LogP contribution < -0.4 is 60.2 Å². The minimum atomic E-state index is -1.84. The van der Waals surface area contributed by atoms with Gasteiger partial charge in [0, 0.05) is 19.6 Å². The van der Waals surface area contributed by atoms with Crippen LogP contribution in [-0.4, -0.2) is 125 Å². The van der Waals surface area contributed by atoms with Gasteiger partial charge in [0.05, 0.1) is 18.9 Å². The fourth-order valence-electron chi connectivity index (χ4n) is 4.12. The first-order valence-corrected chi connectivity index (χ1v) is 15.2. The Morgan fingerprint density at radius 3 is 1.20 bits per heavy atom. The molecule has 0 aliphatic carbocycles. The van der Waals surface area contributed by atoms with Gasteiger partial charge in [-0.1, -0.05) is 0 Å². The van der Waals surface area contributed by atoms with Crippen LogP contribution in [0, 0.1) is 16.2 Å². The number of carboxylic acids is 3. The quantitative estimate of drug-likeness (QED) is 0.0237. The molecule has 4 amide bonds. The van der Waals surface area contributed by atoms with Gasteiger partial charge in [-0.15, -0.1) is 0 Å². The Morgan fingerprint density at radius 1 is 0.500 bits per heavy atom. The molecule has 0 saturated carbocycles. The normalized spacial score (nSPS) is 13.5. The third kappa shape index (κ3) is 20.3. The fraction of sp³-hybridized carbons (Fsp3) is 0.615. The predicted octanol–water partition coefficient (Wildman–Crippen LogP) is -5.92. The summed E-state index contributed by atoms with van der Waals surface area (Å²) in [5, 5.41) is 66.1. The SMILES string of the molecule is N=C(N)NCCC[C@H](NC(=O)[C@H](CC(=O)O)NC(=O)[C@H](CCCNC(=N)N)NC(=O)[C@H](CC(=O)O)NC(=O)[C@@H](N)CCCNC(=N)N)C(=O)O. The second kappa shape index (κ2) is 23.4. The maximum absolute atomic E-state index is 13.4. The third-order valence-electron chi connectivity index (χ3n) is 6.59. The number of nitrogens with one attached hydrogen (secondary N) is 10. The predicted molar refractivity (Wildman–Crippen MR) is 175 cm³/mol. The van der Waals surface area contributed by atoms with E-state index in [0.717, 1.165) is 0 Å². The topological polar surface area (TPSA) is 440 Å². The fourth-order valence-corrected chi connectivity index (χ4v) is 4.12. The van der Waals surface area contributed by atoms with E-state index >= 15 is 0 Å². The molecule has 0 aliphatic rings. The molecule has 0 fully saturated rings. The molecule has 0 radical (unpaired) electrons. The Kier molecular flexibility index (Phi) is 20.6. The van der Waals surface area contributed by atoms with Crippen LogP contribution in [0.1, 0.15) is 51.4 Å². The van der Waals surface area contributed by atoms with Crippen LogP contribution in [0.5, 0.6) is 0 Å². The summed E-state index contributed by atoms with van der Waals surface area (Å²) in [4.78, 5) is 87.0. The van der Waals surface area contributed by atoms with Crippen molar-refractivity contribution in [2.24, 2.45) is 22.9 Å². The first-order chi connectivity index (χ1) is 23.3. The minimum absolute atomic E-state index is 0.0232. The van der Waals surface area contributed by atoms with Crippen molar-refractivity contribution in [3.8, 4) is 0 Å². The van der Waals surface area contributed by atoms with Gasteiger partial charge >= 0.3 is 17.9 Å². The van der Waals surface area contributed by atoms with Crippen LogP contribution in [-0.2, 0) is 33.6 Å². The van der Waals surface area contributed by atoms with Crippen molar-refractivity contribution in [1.82, 2.24) is 37.2 Å². The molecule has 50 heavy (non-hydrogen) atoms. The smallest absolute Gasteiger partial charge is 0.326 e. The summed E-state index contributed by atoms with van der Waals surface area (Å²) in [6.45, 7) is 0.328. The first kappa shape index (κ1) is 44.1. The van der Waals surface area contributed by atoms with E-state index in [-0.39, 0.29) is 70.1 Å². The minimum Gasteiger partial charge on any atom is -0.481 e. The second-order valence-corrected chi connectivity index (χ2v) is 10.8. The molecule has 0 aromatic carbocycles. The van der Waals surface area contributed by atoms with Crippen LogP contribution in [0.3, 0.4) is 0 Å². The number of rotatable bonds is 25. The molecule has 0 bridgehead atoms. The van der Waals surface area contributed by atoms with Gasteiger partial charge in [-0.3, -0.25) is 45.0 Å². The average molecular weight is 717 g/mol. The summed E-state index contributed by atoms with van der Waals surface area (Å²) in [5.74, 6) is -9.93. The molecule has 0 aliphatic heterocycles. The zero-order valence-corrected chi connectivity index (χ0v) is 27.2. The van der Waals surface area contributed by atoms with Crippen molar-refractivity contribution < 1.29 is 48.9 Å². The van der Waals surface area contributed by atoms with E-state index in [1.807, 2.05) is 0 Å². The molecule has 282 valence electrons. The molecular weight excluding hydrogens is 668 g/mol. The maximum atomic E-state index is 13.4. The van der Waals surface area contributed by atoms with E-state index in [4.69, 9.17) is 39.2 Å². The van der Waals surface area contributed by atoms with Crippen LogP contribution in [0.4, 0.5) is 0 Å². The number of carboxylic acid groups (broad SMARTS) is 3. The van der Waals surface area contributed by atoms with Gasteiger partial charge in [0.25, 0.3) is 0 Å². The molecule has 5 atom stereocenters. The highest BCUT2D eigenvalue weighted by molar-refractivity contribution is 5.97. The maximum Gasteiger partial charge on any atom is 0.326 e. The standard InChI is InChI=1S/C26H48N14O10/c27-12(4-1-7-34-24(28)29)19(45)39-15(10-17(41)42)21(47)37-13(5-2-8-35-25(30)31)20(46)40-16(11-18(43)44)22(48)38-14(23(49)50)6-3-9-36-26(32)33/h12-16H,1-11,27H2,(H,37,47)(H,38,48)(H,39,45)(H,40,46)(H,41,42)(H,43,44)(H,49,50)(H4,28,29,34)(H4,30,31,35)(H4,32,33,36)/t12-,13-,14-,15-,16-/m0/s1. The third-order valence-corrected chi connectivity index (χ3v) is 6.59. The lowest BCUT2D eigenvalue weighted by Gasteiger charge is -2.26. The Hall–Kier alpha value is -5.94. The summed E-state index contributed by atoms with van der Waals surface area (Å²) in [6, 6.07) is -7.85. The molecule has 0 aromatic heterocycles.